The molecule has 0 saturated heterocycles. The van der Waals surface area contributed by atoms with E-state index >= 15 is 0 Å². The van der Waals surface area contributed by atoms with Crippen LogP contribution in [-0.4, -0.2) is 21.4 Å². The van der Waals surface area contributed by atoms with Gasteiger partial charge in [0.1, 0.15) is 0 Å². The van der Waals surface area contributed by atoms with Crippen molar-refractivity contribution < 1.29 is 5.11 Å². The Balaban J connectivity index is 1.26. The topological polar surface area (TPSA) is 33.1 Å². The molecule has 0 radical (unpaired) electrons. The van der Waals surface area contributed by atoms with Gasteiger partial charge >= 0.3 is 0 Å². The van der Waals surface area contributed by atoms with Crippen molar-refractivity contribution in [2.45, 2.75) is 122 Å². The average molecular weight is 524 g/mol. The maximum absolute atomic E-state index is 11.7. The Bertz CT molecular complexity index is 944. The Morgan fingerprint density at radius 1 is 1.00 bits per heavy atom. The first-order valence-corrected chi connectivity index (χ1v) is 16.6. The quantitative estimate of drug-likeness (QED) is 0.272. The first-order valence-electron chi connectivity index (χ1n) is 15.6. The van der Waals surface area contributed by atoms with Gasteiger partial charge in [-0.05, 0) is 116 Å². The van der Waals surface area contributed by atoms with E-state index in [2.05, 4.69) is 51.7 Å². The van der Waals surface area contributed by atoms with E-state index in [4.69, 9.17) is 0 Å². The standard InChI is InChI=1S/C34H53NOS/c1-24(2)9-8-10-25(3)28-14-15-29-27-13-12-26-16-19-34(36,23-37-31-11-6-7-22-35-31)21-20-32(26,4)30(27)17-18-33(28,29)5/h6-7,11,16,22,24-25,27-30,36H,8-10,12-15,17-21,23H2,1-5H3/t25-,27?,28-,29?,30?,32+,33-,34?/m1/s1. The van der Waals surface area contributed by atoms with Crippen molar-refractivity contribution in [1.82, 2.24) is 4.98 Å². The van der Waals surface area contributed by atoms with E-state index in [0.29, 0.717) is 5.41 Å². The van der Waals surface area contributed by atoms with Gasteiger partial charge < -0.3 is 5.11 Å². The fourth-order valence-corrected chi connectivity index (χ4v) is 10.7. The lowest BCUT2D eigenvalue weighted by atomic mass is 9.47. The van der Waals surface area contributed by atoms with Crippen molar-refractivity contribution >= 4 is 11.8 Å². The van der Waals surface area contributed by atoms with Gasteiger partial charge in [-0.25, -0.2) is 4.98 Å². The van der Waals surface area contributed by atoms with E-state index in [-0.39, 0.29) is 5.41 Å². The zero-order chi connectivity index (χ0) is 26.3. The monoisotopic (exact) mass is 523 g/mol. The van der Waals surface area contributed by atoms with Crippen LogP contribution in [0.4, 0.5) is 0 Å². The van der Waals surface area contributed by atoms with Gasteiger partial charge in [0.15, 0.2) is 0 Å². The number of thioether (sulfide) groups is 1. The predicted molar refractivity (Wildman–Crippen MR) is 158 cm³/mol. The molecule has 0 amide bonds. The molecular formula is C34H53NOS. The summed E-state index contributed by atoms with van der Waals surface area (Å²) in [5, 5.41) is 12.7. The van der Waals surface area contributed by atoms with Crippen LogP contribution in [0.15, 0.2) is 41.1 Å². The molecule has 1 N–H and O–H groups in total. The van der Waals surface area contributed by atoms with Crippen LogP contribution in [0.1, 0.15) is 112 Å². The molecule has 0 aromatic carbocycles. The highest BCUT2D eigenvalue weighted by Gasteiger charge is 2.59. The number of nitrogens with zero attached hydrogens (tertiary/aromatic N) is 1. The van der Waals surface area contributed by atoms with E-state index in [1.165, 1.54) is 57.8 Å². The van der Waals surface area contributed by atoms with Gasteiger partial charge in [0.25, 0.3) is 0 Å². The highest BCUT2D eigenvalue weighted by molar-refractivity contribution is 7.99. The van der Waals surface area contributed by atoms with Crippen molar-refractivity contribution in [3.8, 4) is 0 Å². The highest BCUT2D eigenvalue weighted by Crippen LogP contribution is 2.67. The summed E-state index contributed by atoms with van der Waals surface area (Å²) in [5.41, 5.74) is 1.91. The maximum atomic E-state index is 11.7. The van der Waals surface area contributed by atoms with Crippen molar-refractivity contribution in [3.05, 3.63) is 36.0 Å². The van der Waals surface area contributed by atoms with E-state index in [0.717, 1.165) is 65.5 Å². The normalized spacial score (nSPS) is 40.4. The summed E-state index contributed by atoms with van der Waals surface area (Å²) in [7, 11) is 0. The summed E-state index contributed by atoms with van der Waals surface area (Å²) in [5.74, 6) is 6.01. The van der Waals surface area contributed by atoms with Crippen LogP contribution in [-0.2, 0) is 0 Å². The smallest absolute Gasteiger partial charge is 0.0960 e. The number of aromatic nitrogens is 1. The van der Waals surface area contributed by atoms with Crippen LogP contribution >= 0.6 is 11.8 Å². The SMILES string of the molecule is CC(C)CCC[C@@H](C)[C@H]1CCC2C3CCC4=CCC(O)(CSc5ccccn5)CC[C@]4(C)C3CC[C@@]21C. The Hall–Kier alpha value is -0.800. The Morgan fingerprint density at radius 2 is 1.84 bits per heavy atom. The largest absolute Gasteiger partial charge is 0.389 e. The molecule has 3 fully saturated rings. The maximum Gasteiger partial charge on any atom is 0.0960 e. The highest BCUT2D eigenvalue weighted by atomic mass is 32.2. The molecule has 4 unspecified atom stereocenters. The number of pyridine rings is 1. The molecule has 1 aromatic rings. The molecule has 1 aromatic heterocycles. The van der Waals surface area contributed by atoms with Gasteiger partial charge in [-0.1, -0.05) is 71.6 Å². The molecule has 2 nitrogen and oxygen atoms in total. The van der Waals surface area contributed by atoms with E-state index in [1.807, 2.05) is 18.3 Å². The zero-order valence-corrected chi connectivity index (χ0v) is 25.2. The number of aliphatic hydroxyl groups is 1. The molecule has 206 valence electrons. The number of fused-ring (bicyclic) bond motifs is 5. The third kappa shape index (κ3) is 5.47. The molecule has 4 aliphatic rings. The summed E-state index contributed by atoms with van der Waals surface area (Å²) in [4.78, 5) is 4.47. The molecule has 3 saturated carbocycles. The Morgan fingerprint density at radius 3 is 2.59 bits per heavy atom. The molecule has 5 rings (SSSR count). The van der Waals surface area contributed by atoms with Gasteiger partial charge in [-0.15, -0.1) is 11.8 Å². The van der Waals surface area contributed by atoms with Crippen LogP contribution in [0, 0.1) is 46.3 Å². The first-order chi connectivity index (χ1) is 17.6. The second-order valence-corrected chi connectivity index (χ2v) is 15.5. The fourth-order valence-electron chi connectivity index (χ4n) is 9.71. The van der Waals surface area contributed by atoms with Gasteiger partial charge in [0, 0.05) is 11.9 Å². The minimum Gasteiger partial charge on any atom is -0.389 e. The Labute approximate surface area is 231 Å². The lowest BCUT2D eigenvalue weighted by Crippen LogP contribution is -2.50. The molecule has 1 heterocycles. The van der Waals surface area contributed by atoms with Gasteiger partial charge in [0.2, 0.25) is 0 Å². The van der Waals surface area contributed by atoms with Gasteiger partial charge in [0.05, 0.1) is 10.6 Å². The second-order valence-electron chi connectivity index (χ2n) is 14.5. The third-order valence-corrected chi connectivity index (χ3v) is 13.1. The molecule has 37 heavy (non-hydrogen) atoms. The van der Waals surface area contributed by atoms with Crippen molar-refractivity contribution in [1.29, 1.82) is 0 Å². The number of hydrogen-bond donors (Lipinski definition) is 1. The summed E-state index contributed by atoms with van der Waals surface area (Å²) in [6.45, 7) is 12.6. The summed E-state index contributed by atoms with van der Waals surface area (Å²) in [6.07, 6.45) is 19.9. The number of rotatable bonds is 8. The van der Waals surface area contributed by atoms with Gasteiger partial charge in [-0.3, -0.25) is 0 Å². The minimum absolute atomic E-state index is 0.283. The van der Waals surface area contributed by atoms with E-state index < -0.39 is 5.60 Å². The first kappa shape index (κ1) is 27.8. The van der Waals surface area contributed by atoms with Crippen molar-refractivity contribution in [2.24, 2.45) is 46.3 Å². The van der Waals surface area contributed by atoms with E-state index in [9.17, 15) is 5.11 Å². The Kier molecular flexibility index (Phi) is 8.25. The molecule has 3 heteroatoms. The number of allylic oxidation sites excluding steroid dienone is 1. The van der Waals surface area contributed by atoms with Crippen LogP contribution in [0.25, 0.3) is 0 Å². The van der Waals surface area contributed by atoms with Crippen molar-refractivity contribution in [3.63, 3.8) is 0 Å². The molecule has 0 bridgehead atoms. The second kappa shape index (κ2) is 11.0. The molecule has 0 spiro atoms. The molecule has 4 aliphatic carbocycles. The lowest BCUT2D eigenvalue weighted by molar-refractivity contribution is -0.0610. The minimum atomic E-state index is -0.613. The van der Waals surface area contributed by atoms with Crippen LogP contribution in [0.5, 0.6) is 0 Å². The van der Waals surface area contributed by atoms with Crippen molar-refractivity contribution in [2.75, 3.05) is 5.75 Å². The van der Waals surface area contributed by atoms with Gasteiger partial charge in [-0.2, -0.15) is 0 Å². The van der Waals surface area contributed by atoms with Crippen LogP contribution in [0.2, 0.25) is 0 Å². The van der Waals surface area contributed by atoms with Crippen LogP contribution < -0.4 is 0 Å². The zero-order valence-electron chi connectivity index (χ0n) is 24.3. The number of hydrogen-bond acceptors (Lipinski definition) is 3. The molecule has 8 atom stereocenters. The van der Waals surface area contributed by atoms with E-state index in [1.54, 1.807) is 17.3 Å². The predicted octanol–water partition coefficient (Wildman–Crippen LogP) is 9.34. The third-order valence-electron chi connectivity index (χ3n) is 11.9. The summed E-state index contributed by atoms with van der Waals surface area (Å²) < 4.78 is 0. The average Bonchev–Trinajstić information content (AvgIpc) is 3.17. The van der Waals surface area contributed by atoms with Crippen LogP contribution in [0.3, 0.4) is 0 Å². The lowest BCUT2D eigenvalue weighted by Gasteiger charge is -2.58. The fraction of sp³-hybridized carbons (Fsp3) is 0.794. The molecular weight excluding hydrogens is 470 g/mol. The molecule has 0 aliphatic heterocycles. The summed E-state index contributed by atoms with van der Waals surface area (Å²) >= 11 is 1.72. The summed E-state index contributed by atoms with van der Waals surface area (Å²) in [6, 6.07) is 6.07.